The Balaban J connectivity index is 3.32. The summed E-state index contributed by atoms with van der Waals surface area (Å²) in [6.45, 7) is 5.13. The molecule has 0 fully saturated rings. The van der Waals surface area contributed by atoms with Crippen LogP contribution in [0, 0.1) is 0 Å². The van der Waals surface area contributed by atoms with Crippen molar-refractivity contribution in [2.24, 2.45) is 0 Å². The van der Waals surface area contributed by atoms with E-state index in [9.17, 15) is 18.3 Å². The monoisotopic (exact) mass is 348 g/mol. The maximum atomic E-state index is 11.7. The fourth-order valence-corrected chi connectivity index (χ4v) is 2.93. The molecule has 0 aliphatic rings. The number of carbonyl (C=O) groups is 1. The van der Waals surface area contributed by atoms with Crippen molar-refractivity contribution in [2.45, 2.75) is 32.4 Å². The first-order valence-electron chi connectivity index (χ1n) is 6.65. The minimum Gasteiger partial charge on any atom is -0.465 e. The summed E-state index contributed by atoms with van der Waals surface area (Å²) >= 11 is 6.17. The van der Waals surface area contributed by atoms with Crippen molar-refractivity contribution in [2.75, 3.05) is 12.8 Å². The molecule has 6 nitrogen and oxygen atoms in total. The van der Waals surface area contributed by atoms with Gasteiger partial charge in [0, 0.05) is 17.1 Å². The van der Waals surface area contributed by atoms with Gasteiger partial charge in [-0.15, -0.1) is 0 Å². The Bertz CT molecular complexity index is 640. The summed E-state index contributed by atoms with van der Waals surface area (Å²) in [5.41, 5.74) is -0.174. The molecular weight excluding hydrogens is 328 g/mol. The molecule has 0 saturated carbocycles. The lowest BCUT2D eigenvalue weighted by molar-refractivity contribution is 0.0710. The second kappa shape index (κ2) is 6.85. The highest BCUT2D eigenvalue weighted by Crippen LogP contribution is 2.32. The number of amides is 1. The molecule has 22 heavy (non-hydrogen) atoms. The van der Waals surface area contributed by atoms with Crippen molar-refractivity contribution in [3.8, 4) is 0 Å². The first-order chi connectivity index (χ1) is 9.93. The Morgan fingerprint density at radius 3 is 2.32 bits per heavy atom. The van der Waals surface area contributed by atoms with Crippen molar-refractivity contribution < 1.29 is 18.3 Å². The first-order valence-corrected chi connectivity index (χ1v) is 8.92. The Hall–Kier alpha value is -1.31. The molecule has 8 heteroatoms. The summed E-state index contributed by atoms with van der Waals surface area (Å²) < 4.78 is 25.1. The minimum atomic E-state index is -3.46. The summed E-state index contributed by atoms with van der Waals surface area (Å²) in [6, 6.07) is 6.07. The van der Waals surface area contributed by atoms with Crippen LogP contribution in [0.15, 0.2) is 24.3 Å². The standard InChI is InChI=1S/C14H21ClN2O4S/c1-14(2,3)17(13(18)19)12(9-16-22(4,20)21)10-7-5-6-8-11(10)15/h5-8,12,16H,9H2,1-4H3,(H,18,19). The fraction of sp³-hybridized carbons (Fsp3) is 0.500. The predicted molar refractivity (Wildman–Crippen MR) is 86.7 cm³/mol. The lowest BCUT2D eigenvalue weighted by atomic mass is 9.98. The molecule has 0 aliphatic carbocycles. The van der Waals surface area contributed by atoms with Crippen LogP contribution in [0.5, 0.6) is 0 Å². The highest BCUT2D eigenvalue weighted by molar-refractivity contribution is 7.88. The zero-order valence-corrected chi connectivity index (χ0v) is 14.6. The number of nitrogens with one attached hydrogen (secondary N) is 1. The van der Waals surface area contributed by atoms with Gasteiger partial charge < -0.3 is 5.11 Å². The Kier molecular flexibility index (Phi) is 5.83. The van der Waals surface area contributed by atoms with Gasteiger partial charge >= 0.3 is 6.09 Å². The first kappa shape index (κ1) is 18.7. The number of rotatable bonds is 5. The van der Waals surface area contributed by atoms with E-state index >= 15 is 0 Å². The molecule has 0 aliphatic heterocycles. The highest BCUT2D eigenvalue weighted by Gasteiger charge is 2.35. The molecule has 1 aromatic rings. The van der Waals surface area contributed by atoms with E-state index in [1.807, 2.05) is 0 Å². The van der Waals surface area contributed by atoms with Crippen LogP contribution in [-0.2, 0) is 10.0 Å². The molecule has 0 aromatic heterocycles. The van der Waals surface area contributed by atoms with Crippen molar-refractivity contribution in [3.63, 3.8) is 0 Å². The molecular formula is C14H21ClN2O4S. The topological polar surface area (TPSA) is 86.7 Å². The normalized spacial score (nSPS) is 13.7. The van der Waals surface area contributed by atoms with Crippen molar-refractivity contribution in [3.05, 3.63) is 34.9 Å². The van der Waals surface area contributed by atoms with E-state index in [0.717, 1.165) is 6.26 Å². The lowest BCUT2D eigenvalue weighted by Gasteiger charge is -2.40. The van der Waals surface area contributed by atoms with Crippen LogP contribution in [0.2, 0.25) is 5.02 Å². The third kappa shape index (κ3) is 5.15. The smallest absolute Gasteiger partial charge is 0.408 e. The maximum Gasteiger partial charge on any atom is 0.408 e. The molecule has 0 bridgehead atoms. The fourth-order valence-electron chi connectivity index (χ4n) is 2.20. The van der Waals surface area contributed by atoms with Gasteiger partial charge in [0.1, 0.15) is 0 Å². The summed E-state index contributed by atoms with van der Waals surface area (Å²) in [7, 11) is -3.46. The maximum absolute atomic E-state index is 11.7. The molecule has 0 radical (unpaired) electrons. The Morgan fingerprint density at radius 1 is 1.36 bits per heavy atom. The van der Waals surface area contributed by atoms with E-state index in [-0.39, 0.29) is 6.54 Å². The minimum absolute atomic E-state index is 0.0911. The van der Waals surface area contributed by atoms with Gasteiger partial charge in [0.15, 0.2) is 0 Å². The number of benzene rings is 1. The lowest BCUT2D eigenvalue weighted by Crippen LogP contribution is -2.50. The third-order valence-electron chi connectivity index (χ3n) is 3.04. The molecule has 1 aromatic carbocycles. The van der Waals surface area contributed by atoms with Crippen LogP contribution >= 0.6 is 11.6 Å². The number of hydrogen-bond donors (Lipinski definition) is 2. The number of sulfonamides is 1. The molecule has 1 unspecified atom stereocenters. The van der Waals surface area contributed by atoms with Gasteiger partial charge in [-0.05, 0) is 32.4 Å². The van der Waals surface area contributed by atoms with Crippen molar-refractivity contribution in [1.29, 1.82) is 0 Å². The summed E-state index contributed by atoms with van der Waals surface area (Å²) in [4.78, 5) is 12.9. The van der Waals surface area contributed by atoms with Gasteiger partial charge in [-0.1, -0.05) is 29.8 Å². The average molecular weight is 349 g/mol. The molecule has 124 valence electrons. The van der Waals surface area contributed by atoms with E-state index in [0.29, 0.717) is 10.6 Å². The number of hydrogen-bond acceptors (Lipinski definition) is 3. The van der Waals surface area contributed by atoms with Crippen LogP contribution in [0.25, 0.3) is 0 Å². The summed E-state index contributed by atoms with van der Waals surface area (Å²) in [5, 5.41) is 9.95. The molecule has 1 atom stereocenters. The molecule has 0 saturated heterocycles. The van der Waals surface area contributed by atoms with Crippen LogP contribution in [-0.4, -0.2) is 42.9 Å². The van der Waals surface area contributed by atoms with Crippen LogP contribution in [0.4, 0.5) is 4.79 Å². The van der Waals surface area contributed by atoms with Gasteiger partial charge in [-0.2, -0.15) is 0 Å². The van der Waals surface area contributed by atoms with E-state index < -0.39 is 27.7 Å². The van der Waals surface area contributed by atoms with Gasteiger partial charge in [0.25, 0.3) is 0 Å². The summed E-state index contributed by atoms with van der Waals surface area (Å²) in [5.74, 6) is 0. The van der Waals surface area contributed by atoms with Crippen molar-refractivity contribution >= 4 is 27.7 Å². The molecule has 2 N–H and O–H groups in total. The van der Waals surface area contributed by atoms with E-state index in [1.165, 1.54) is 4.90 Å². The average Bonchev–Trinajstić information content (AvgIpc) is 2.32. The van der Waals surface area contributed by atoms with E-state index in [1.54, 1.807) is 45.0 Å². The van der Waals surface area contributed by atoms with Gasteiger partial charge in [0.05, 0.1) is 12.3 Å². The molecule has 0 heterocycles. The second-order valence-electron chi connectivity index (χ2n) is 5.98. The molecule has 1 rings (SSSR count). The second-order valence-corrected chi connectivity index (χ2v) is 8.22. The zero-order chi connectivity index (χ0) is 17.1. The van der Waals surface area contributed by atoms with Crippen LogP contribution in [0.1, 0.15) is 32.4 Å². The van der Waals surface area contributed by atoms with E-state index in [4.69, 9.17) is 11.6 Å². The Labute approximate surface area is 136 Å². The SMILES string of the molecule is CC(C)(C)N(C(=O)O)C(CNS(C)(=O)=O)c1ccccc1Cl. The number of carboxylic acid groups (broad SMARTS) is 1. The van der Waals surface area contributed by atoms with Gasteiger partial charge in [-0.25, -0.2) is 17.9 Å². The van der Waals surface area contributed by atoms with Gasteiger partial charge in [-0.3, -0.25) is 4.90 Å². The summed E-state index contributed by atoms with van der Waals surface area (Å²) in [6.07, 6.45) is -0.119. The van der Waals surface area contributed by atoms with Crippen LogP contribution < -0.4 is 4.72 Å². The predicted octanol–water partition coefficient (Wildman–Crippen LogP) is 2.71. The van der Waals surface area contributed by atoms with Crippen molar-refractivity contribution in [1.82, 2.24) is 9.62 Å². The highest BCUT2D eigenvalue weighted by atomic mass is 35.5. The van der Waals surface area contributed by atoms with E-state index in [2.05, 4.69) is 4.72 Å². The number of halogens is 1. The quantitative estimate of drug-likeness (QED) is 0.856. The largest absolute Gasteiger partial charge is 0.465 e. The van der Waals surface area contributed by atoms with Gasteiger partial charge in [0.2, 0.25) is 10.0 Å². The molecule has 1 amide bonds. The number of nitrogens with zero attached hydrogens (tertiary/aromatic N) is 1. The molecule has 0 spiro atoms. The third-order valence-corrected chi connectivity index (χ3v) is 4.08. The van der Waals surface area contributed by atoms with Crippen LogP contribution in [0.3, 0.4) is 0 Å². The zero-order valence-electron chi connectivity index (χ0n) is 13.0. The Morgan fingerprint density at radius 2 is 1.91 bits per heavy atom.